The molecule has 2 N–H and O–H groups in total. The first-order valence-corrected chi connectivity index (χ1v) is 7.88. The fourth-order valence-electron chi connectivity index (χ4n) is 3.10. The van der Waals surface area contributed by atoms with E-state index in [1.54, 1.807) is 0 Å². The summed E-state index contributed by atoms with van der Waals surface area (Å²) in [4.78, 5) is 12.2. The lowest BCUT2D eigenvalue weighted by molar-refractivity contribution is -0.122. The van der Waals surface area contributed by atoms with Crippen LogP contribution < -0.4 is 10.6 Å². The molecule has 3 nitrogen and oxygen atoms in total. The molecule has 4 heteroatoms. The summed E-state index contributed by atoms with van der Waals surface area (Å²) >= 11 is 0. The Kier molecular flexibility index (Phi) is 6.07. The molecule has 2 atom stereocenters. The van der Waals surface area contributed by atoms with Crippen LogP contribution in [0.2, 0.25) is 0 Å². The molecule has 21 heavy (non-hydrogen) atoms. The highest BCUT2D eigenvalue weighted by Crippen LogP contribution is 2.41. The number of benzene rings is 1. The summed E-state index contributed by atoms with van der Waals surface area (Å²) < 4.78 is 0. The molecule has 0 spiro atoms. The summed E-state index contributed by atoms with van der Waals surface area (Å²) in [5.74, 6) is 1.56. The topological polar surface area (TPSA) is 41.1 Å². The molecule has 1 aromatic rings. The largest absolute Gasteiger partial charge is 0.349 e. The molecule has 116 valence electrons. The molecule has 0 aromatic heterocycles. The van der Waals surface area contributed by atoms with Gasteiger partial charge in [0.05, 0.1) is 6.04 Å². The van der Waals surface area contributed by atoms with Gasteiger partial charge < -0.3 is 10.6 Å². The van der Waals surface area contributed by atoms with Crippen LogP contribution in [0.5, 0.6) is 0 Å². The van der Waals surface area contributed by atoms with Gasteiger partial charge in [-0.1, -0.05) is 30.3 Å². The van der Waals surface area contributed by atoms with Crippen LogP contribution in [-0.2, 0) is 4.79 Å². The lowest BCUT2D eigenvalue weighted by atomic mass is 10.00. The molecule has 1 amide bonds. The van der Waals surface area contributed by atoms with Gasteiger partial charge in [0.25, 0.3) is 0 Å². The Morgan fingerprint density at radius 1 is 1.24 bits per heavy atom. The van der Waals surface area contributed by atoms with E-state index in [1.165, 1.54) is 24.8 Å². The molecule has 2 aliphatic rings. The monoisotopic (exact) mass is 308 g/mol. The maximum atomic E-state index is 12.2. The molecular formula is C17H25ClN2O. The van der Waals surface area contributed by atoms with E-state index in [9.17, 15) is 4.79 Å². The predicted molar refractivity (Wildman–Crippen MR) is 87.5 cm³/mol. The van der Waals surface area contributed by atoms with Crippen molar-refractivity contribution in [1.82, 2.24) is 10.6 Å². The average Bonchev–Trinajstić information content (AvgIpc) is 3.19. The molecule has 2 fully saturated rings. The third kappa shape index (κ3) is 4.72. The lowest BCUT2D eigenvalue weighted by Gasteiger charge is -2.19. The second-order valence-corrected chi connectivity index (χ2v) is 6.19. The average molecular weight is 309 g/mol. The van der Waals surface area contributed by atoms with Crippen molar-refractivity contribution in [3.05, 3.63) is 35.9 Å². The van der Waals surface area contributed by atoms with Gasteiger partial charge in [-0.05, 0) is 56.2 Å². The third-order valence-corrected chi connectivity index (χ3v) is 4.51. The van der Waals surface area contributed by atoms with Crippen LogP contribution in [0.25, 0.3) is 0 Å². The van der Waals surface area contributed by atoms with Crippen LogP contribution in [0.3, 0.4) is 0 Å². The lowest BCUT2D eigenvalue weighted by Crippen LogP contribution is -2.30. The molecule has 1 aromatic carbocycles. The fraction of sp³-hybridized carbons (Fsp3) is 0.588. The number of halogens is 1. The first-order valence-electron chi connectivity index (χ1n) is 7.88. The normalized spacial score (nSPS) is 22.4. The number of amides is 1. The Morgan fingerprint density at radius 2 is 2.00 bits per heavy atom. The summed E-state index contributed by atoms with van der Waals surface area (Å²) in [5.41, 5.74) is 1.26. The minimum Gasteiger partial charge on any atom is -0.349 e. The van der Waals surface area contributed by atoms with E-state index in [0.29, 0.717) is 18.3 Å². The number of carbonyl (C=O) groups excluding carboxylic acids is 1. The van der Waals surface area contributed by atoms with Crippen LogP contribution in [0.15, 0.2) is 30.3 Å². The molecular weight excluding hydrogens is 284 g/mol. The molecule has 0 radical (unpaired) electrons. The standard InChI is InChI=1S/C17H24N2O.ClH/c20-16(9-6-13-10-11-18-12-13)19-17(15-7-8-15)14-4-2-1-3-5-14;/h1-5,13,15,17-18H,6-12H2,(H,19,20);1H. The first kappa shape index (κ1) is 16.3. The zero-order chi connectivity index (χ0) is 13.8. The highest BCUT2D eigenvalue weighted by atomic mass is 35.5. The van der Waals surface area contributed by atoms with Crippen molar-refractivity contribution in [2.75, 3.05) is 13.1 Å². The Bertz CT molecular complexity index is 441. The van der Waals surface area contributed by atoms with E-state index in [0.717, 1.165) is 19.5 Å². The molecule has 2 unspecified atom stereocenters. The summed E-state index contributed by atoms with van der Waals surface area (Å²) in [6.07, 6.45) is 5.39. The van der Waals surface area contributed by atoms with Gasteiger partial charge in [-0.25, -0.2) is 0 Å². The van der Waals surface area contributed by atoms with E-state index < -0.39 is 0 Å². The quantitative estimate of drug-likeness (QED) is 0.848. The van der Waals surface area contributed by atoms with Crippen LogP contribution in [-0.4, -0.2) is 19.0 Å². The van der Waals surface area contributed by atoms with Gasteiger partial charge in [0.15, 0.2) is 0 Å². The first-order chi connectivity index (χ1) is 9.83. The Morgan fingerprint density at radius 3 is 2.62 bits per heavy atom. The van der Waals surface area contributed by atoms with Crippen molar-refractivity contribution < 1.29 is 4.79 Å². The highest BCUT2D eigenvalue weighted by Gasteiger charge is 2.33. The minimum absolute atomic E-state index is 0. The van der Waals surface area contributed by atoms with E-state index in [-0.39, 0.29) is 24.4 Å². The van der Waals surface area contributed by atoms with E-state index >= 15 is 0 Å². The zero-order valence-corrected chi connectivity index (χ0v) is 13.2. The van der Waals surface area contributed by atoms with Gasteiger partial charge in [-0.15, -0.1) is 12.4 Å². The second kappa shape index (κ2) is 7.81. The van der Waals surface area contributed by atoms with Crippen molar-refractivity contribution in [2.45, 2.75) is 38.1 Å². The van der Waals surface area contributed by atoms with Crippen molar-refractivity contribution in [3.8, 4) is 0 Å². The van der Waals surface area contributed by atoms with Crippen molar-refractivity contribution in [3.63, 3.8) is 0 Å². The number of hydrogen-bond acceptors (Lipinski definition) is 2. The third-order valence-electron chi connectivity index (χ3n) is 4.51. The van der Waals surface area contributed by atoms with Crippen LogP contribution in [0, 0.1) is 11.8 Å². The second-order valence-electron chi connectivity index (χ2n) is 6.19. The van der Waals surface area contributed by atoms with Crippen molar-refractivity contribution in [2.24, 2.45) is 11.8 Å². The summed E-state index contributed by atoms with van der Waals surface area (Å²) in [5, 5.41) is 6.62. The SMILES string of the molecule is Cl.O=C(CCC1CCNC1)NC(c1ccccc1)C1CC1. The van der Waals surface area contributed by atoms with Crippen molar-refractivity contribution in [1.29, 1.82) is 0 Å². The maximum absolute atomic E-state index is 12.2. The van der Waals surface area contributed by atoms with E-state index in [1.807, 2.05) is 6.07 Å². The van der Waals surface area contributed by atoms with E-state index in [2.05, 4.69) is 34.9 Å². The van der Waals surface area contributed by atoms with Crippen LogP contribution in [0.4, 0.5) is 0 Å². The Hall–Kier alpha value is -1.06. The predicted octanol–water partition coefficient (Wildman–Crippen LogP) is 3.07. The van der Waals surface area contributed by atoms with Gasteiger partial charge in [-0.3, -0.25) is 4.79 Å². The molecule has 1 saturated heterocycles. The number of carbonyl (C=O) groups is 1. The van der Waals surface area contributed by atoms with Gasteiger partial charge in [-0.2, -0.15) is 0 Å². The number of nitrogens with one attached hydrogen (secondary N) is 2. The van der Waals surface area contributed by atoms with Gasteiger partial charge in [0.1, 0.15) is 0 Å². The van der Waals surface area contributed by atoms with Crippen molar-refractivity contribution >= 4 is 18.3 Å². The van der Waals surface area contributed by atoms with E-state index in [4.69, 9.17) is 0 Å². The van der Waals surface area contributed by atoms with Gasteiger partial charge in [0, 0.05) is 6.42 Å². The molecule has 3 rings (SSSR count). The zero-order valence-electron chi connectivity index (χ0n) is 12.4. The Balaban J connectivity index is 0.00000161. The Labute approximate surface area is 133 Å². The summed E-state index contributed by atoms with van der Waals surface area (Å²) in [7, 11) is 0. The molecule has 1 heterocycles. The van der Waals surface area contributed by atoms with Gasteiger partial charge in [0.2, 0.25) is 5.91 Å². The molecule has 1 saturated carbocycles. The number of hydrogen-bond donors (Lipinski definition) is 2. The molecule has 1 aliphatic carbocycles. The van der Waals surface area contributed by atoms with Crippen LogP contribution >= 0.6 is 12.4 Å². The molecule has 1 aliphatic heterocycles. The molecule has 0 bridgehead atoms. The minimum atomic E-state index is 0. The fourth-order valence-corrected chi connectivity index (χ4v) is 3.10. The van der Waals surface area contributed by atoms with Gasteiger partial charge >= 0.3 is 0 Å². The number of rotatable bonds is 6. The maximum Gasteiger partial charge on any atom is 0.220 e. The van der Waals surface area contributed by atoms with Crippen LogP contribution in [0.1, 0.15) is 43.7 Å². The highest BCUT2D eigenvalue weighted by molar-refractivity contribution is 5.85. The summed E-state index contributed by atoms with van der Waals surface area (Å²) in [6, 6.07) is 10.6. The summed E-state index contributed by atoms with van der Waals surface area (Å²) in [6.45, 7) is 2.19. The smallest absolute Gasteiger partial charge is 0.220 e.